The van der Waals surface area contributed by atoms with Crippen LogP contribution in [-0.2, 0) is 67.2 Å². The number of carbonyl (C=O) groups excluding carboxylic acids is 11. The molecule has 0 aliphatic carbocycles. The molecule has 0 fully saturated rings. The van der Waals surface area contributed by atoms with Gasteiger partial charge in [-0.1, -0.05) is 74.5 Å². The summed E-state index contributed by atoms with van der Waals surface area (Å²) >= 11 is 0. The number of H-pyrrole nitrogens is 1. The number of nitrogens with one attached hydrogen (secondary N) is 12. The van der Waals surface area contributed by atoms with Crippen molar-refractivity contribution in [3.63, 3.8) is 0 Å². The fourth-order valence-electron chi connectivity index (χ4n) is 8.75. The van der Waals surface area contributed by atoms with E-state index in [1.165, 1.54) is 31.3 Å². The van der Waals surface area contributed by atoms with Crippen LogP contribution in [0.2, 0.25) is 0 Å². The zero-order chi connectivity index (χ0) is 63.6. The SMILES string of the molecule is CN=C(N)NCCC[C@H](NC(=O)[C@H](CC(C)C)NC(=O)NNC(=O)[C@H](Cc1ccccc1)NC(=O)[C@@H](NC(=O)[C@H](CC(N)=O)NC(=O)[C@@H](CN)NC(=O)[C@@H](Cc1ccc(O)cc1)NC(C)=O)[C@@H](C)O)C(=O)N[C@@H](Cc1c[nH]c2ccccc12)C(N)=O. The average Bonchev–Trinajstić information content (AvgIpc) is 3.88. The molecule has 1 aromatic heterocycles. The molecule has 30 nitrogen and oxygen atoms in total. The topological polar surface area (TPSA) is 493 Å². The smallest absolute Gasteiger partial charge is 0.334 e. The van der Waals surface area contributed by atoms with Crippen molar-refractivity contribution in [2.75, 3.05) is 20.1 Å². The van der Waals surface area contributed by atoms with E-state index in [1.807, 2.05) is 24.3 Å². The summed E-state index contributed by atoms with van der Waals surface area (Å²) in [5.74, 6) is -9.60. The number of phenolic OH excluding ortho intramolecular Hbond substituents is 1. The Kier molecular flexibility index (Phi) is 27.2. The molecule has 86 heavy (non-hydrogen) atoms. The van der Waals surface area contributed by atoms with Gasteiger partial charge in [-0.15, -0.1) is 0 Å². The maximum Gasteiger partial charge on any atom is 0.334 e. The molecular weight excluding hydrogens is 1120 g/mol. The number of hydrogen-bond acceptors (Lipinski definition) is 15. The fraction of sp³-hybridized carbons (Fsp3) is 0.429. The Morgan fingerprint density at radius 2 is 1.13 bits per heavy atom. The van der Waals surface area contributed by atoms with Crippen LogP contribution < -0.4 is 81.6 Å². The van der Waals surface area contributed by atoms with Gasteiger partial charge in [0.05, 0.1) is 12.5 Å². The fourth-order valence-corrected chi connectivity index (χ4v) is 8.75. The molecule has 30 heteroatoms. The van der Waals surface area contributed by atoms with Crippen LogP contribution in [0, 0.1) is 5.92 Å². The van der Waals surface area contributed by atoms with Gasteiger partial charge in [-0.3, -0.25) is 58.4 Å². The number of aliphatic hydroxyl groups is 1. The number of rotatable bonds is 32. The Morgan fingerprint density at radius 1 is 0.581 bits per heavy atom. The van der Waals surface area contributed by atoms with Gasteiger partial charge in [-0.05, 0) is 67.0 Å². The van der Waals surface area contributed by atoms with Crippen molar-refractivity contribution in [2.45, 2.75) is 127 Å². The van der Waals surface area contributed by atoms with Gasteiger partial charge in [0, 0.05) is 63.4 Å². The molecule has 12 amide bonds. The van der Waals surface area contributed by atoms with Crippen LogP contribution >= 0.6 is 0 Å². The van der Waals surface area contributed by atoms with Gasteiger partial charge in [0.2, 0.25) is 53.2 Å². The summed E-state index contributed by atoms with van der Waals surface area (Å²) in [6.45, 7) is 5.50. The number of aromatic amines is 1. The first-order chi connectivity index (χ1) is 40.8. The van der Waals surface area contributed by atoms with Crippen molar-refractivity contribution >= 4 is 82.0 Å². The molecule has 22 N–H and O–H groups in total. The summed E-state index contributed by atoms with van der Waals surface area (Å²) in [7, 11) is 1.48. The van der Waals surface area contributed by atoms with E-state index in [-0.39, 0.29) is 62.7 Å². The summed E-state index contributed by atoms with van der Waals surface area (Å²) in [4.78, 5) is 154. The molecule has 3 aromatic carbocycles. The third-order valence-corrected chi connectivity index (χ3v) is 13.2. The largest absolute Gasteiger partial charge is 0.508 e. The molecule has 0 spiro atoms. The molecular formula is C56H79N17O13. The number of primary amides is 2. The van der Waals surface area contributed by atoms with Gasteiger partial charge < -0.3 is 86.0 Å². The van der Waals surface area contributed by atoms with Crippen molar-refractivity contribution in [1.82, 2.24) is 63.7 Å². The van der Waals surface area contributed by atoms with E-state index < -0.39 is 133 Å². The lowest BCUT2D eigenvalue weighted by Crippen LogP contribution is -2.63. The number of para-hydroxylation sites is 1. The van der Waals surface area contributed by atoms with Gasteiger partial charge in [0.15, 0.2) is 5.96 Å². The van der Waals surface area contributed by atoms with Gasteiger partial charge in [-0.25, -0.2) is 10.2 Å². The molecule has 0 saturated heterocycles. The van der Waals surface area contributed by atoms with Crippen molar-refractivity contribution in [3.05, 3.63) is 102 Å². The van der Waals surface area contributed by atoms with E-state index in [0.717, 1.165) is 24.8 Å². The number of guanidine groups is 1. The van der Waals surface area contributed by atoms with E-state index in [1.54, 1.807) is 50.4 Å². The number of aliphatic hydroxyl groups excluding tert-OH is 1. The summed E-state index contributed by atoms with van der Waals surface area (Å²) in [5, 5.41) is 43.9. The molecule has 0 unspecified atom stereocenters. The van der Waals surface area contributed by atoms with Crippen molar-refractivity contribution in [2.24, 2.45) is 33.8 Å². The number of aromatic hydroxyl groups is 1. The first kappa shape index (κ1) is 68.7. The minimum atomic E-state index is -1.89. The van der Waals surface area contributed by atoms with Gasteiger partial charge >= 0.3 is 6.03 Å². The highest BCUT2D eigenvalue weighted by molar-refractivity contribution is 5.99. The summed E-state index contributed by atoms with van der Waals surface area (Å²) in [6, 6.07) is 8.33. The van der Waals surface area contributed by atoms with Crippen LogP contribution in [0.4, 0.5) is 4.79 Å². The maximum absolute atomic E-state index is 14.1. The Bertz CT molecular complexity index is 3030. The number of fused-ring (bicyclic) bond motifs is 1. The molecule has 0 aliphatic heterocycles. The molecule has 4 rings (SSSR count). The number of aromatic nitrogens is 1. The Hall–Kier alpha value is -9.84. The number of urea groups is 1. The van der Waals surface area contributed by atoms with E-state index >= 15 is 0 Å². The number of amides is 12. The Labute approximate surface area is 495 Å². The molecule has 466 valence electrons. The highest BCUT2D eigenvalue weighted by Gasteiger charge is 2.36. The number of aliphatic imine (C=N–C) groups is 1. The molecule has 0 saturated carbocycles. The van der Waals surface area contributed by atoms with Crippen LogP contribution in [0.15, 0.2) is 90.1 Å². The quantitative estimate of drug-likeness (QED) is 0.00961. The van der Waals surface area contributed by atoms with Crippen LogP contribution in [0.3, 0.4) is 0 Å². The lowest BCUT2D eigenvalue weighted by Gasteiger charge is -2.28. The maximum atomic E-state index is 14.1. The van der Waals surface area contributed by atoms with E-state index in [2.05, 4.69) is 68.7 Å². The number of hydrazine groups is 1. The second-order valence-electron chi connectivity index (χ2n) is 20.7. The zero-order valence-corrected chi connectivity index (χ0v) is 48.4. The van der Waals surface area contributed by atoms with Crippen molar-refractivity contribution < 1.29 is 63.0 Å². The van der Waals surface area contributed by atoms with Gasteiger partial charge in [-0.2, -0.15) is 0 Å². The molecule has 0 aliphatic rings. The number of nitrogens with zero attached hydrogens (tertiary/aromatic N) is 1. The normalized spacial score (nSPS) is 14.4. The highest BCUT2D eigenvalue weighted by atomic mass is 16.3. The number of hydrogen-bond donors (Lipinski definition) is 18. The van der Waals surface area contributed by atoms with Crippen LogP contribution in [-0.4, -0.2) is 161 Å². The lowest BCUT2D eigenvalue weighted by molar-refractivity contribution is -0.137. The minimum absolute atomic E-state index is 0.0140. The predicted molar refractivity (Wildman–Crippen MR) is 315 cm³/mol. The molecule has 9 atom stereocenters. The first-order valence-corrected chi connectivity index (χ1v) is 27.5. The number of nitrogens with two attached hydrogens (primary N) is 4. The molecule has 0 radical (unpaired) electrons. The zero-order valence-electron chi connectivity index (χ0n) is 48.4. The average molecular weight is 1200 g/mol. The second-order valence-corrected chi connectivity index (χ2v) is 20.7. The van der Waals surface area contributed by atoms with Crippen LogP contribution in [0.5, 0.6) is 5.75 Å². The monoisotopic (exact) mass is 1200 g/mol. The Morgan fingerprint density at radius 3 is 1.73 bits per heavy atom. The molecule has 4 aromatic rings. The van der Waals surface area contributed by atoms with E-state index in [4.69, 9.17) is 22.9 Å². The van der Waals surface area contributed by atoms with E-state index in [0.29, 0.717) is 16.7 Å². The highest BCUT2D eigenvalue weighted by Crippen LogP contribution is 2.20. The number of phenols is 1. The number of carbonyl (C=O) groups is 11. The minimum Gasteiger partial charge on any atom is -0.508 e. The Balaban J connectivity index is 1.47. The second kappa shape index (κ2) is 34.1. The number of benzene rings is 3. The van der Waals surface area contributed by atoms with E-state index in [9.17, 15) is 63.0 Å². The van der Waals surface area contributed by atoms with Crippen molar-refractivity contribution in [1.29, 1.82) is 0 Å². The third-order valence-electron chi connectivity index (χ3n) is 13.2. The summed E-state index contributed by atoms with van der Waals surface area (Å²) < 4.78 is 0. The summed E-state index contributed by atoms with van der Waals surface area (Å²) in [6.07, 6.45) is -0.861. The summed E-state index contributed by atoms with van der Waals surface area (Å²) in [5.41, 5.74) is 29.7. The van der Waals surface area contributed by atoms with Gasteiger partial charge in [0.1, 0.15) is 54.1 Å². The van der Waals surface area contributed by atoms with Crippen LogP contribution in [0.1, 0.15) is 70.1 Å². The van der Waals surface area contributed by atoms with Gasteiger partial charge in [0.25, 0.3) is 5.91 Å². The van der Waals surface area contributed by atoms with Crippen molar-refractivity contribution in [3.8, 4) is 5.75 Å². The lowest BCUT2D eigenvalue weighted by atomic mass is 10.0. The first-order valence-electron chi connectivity index (χ1n) is 27.5. The standard InChI is InChI=1S/C56H79N17O13/c1-29(2)22-40(49(80)65-38(16-11-21-62-55(60)61-5)48(79)66-39(47(59)78)25-34-28-63-37-15-10-9-14-36(34)37)70-56(86)73-72-53(84)42(23-32-12-7-6-8-13-32)68-54(85)46(30(3)74)71-51(82)43(26-45(58)77)67-52(83)44(27-57)69-50(81)41(64-31(4)75)24-33-17-19-35(76)20-18-33/h6-10,12-15,17-20,28-30,38-44,46,63,74,76H,11,16,21-27,57H2,1-5H3,(H2,58,77)(H2,59,78)(H,64,75)(H,65,80)(H,66,79)(H,67,83)(H,68,85)(H,69,81)(H,71,82)(H,72,84)(H3,60,61,62)(H2,70,73,86)/t30-,38+,39+,40+,41-,42+,43+,44-,46+/m1/s1. The predicted octanol–water partition coefficient (Wildman–Crippen LogP) is -3.93. The third kappa shape index (κ3) is 22.7. The molecule has 0 bridgehead atoms. The van der Waals surface area contributed by atoms with Crippen LogP contribution in [0.25, 0.3) is 10.9 Å². The molecule has 1 heterocycles.